The van der Waals surface area contributed by atoms with Gasteiger partial charge in [0.2, 0.25) is 7.37 Å². The van der Waals surface area contributed by atoms with E-state index in [-0.39, 0.29) is 17.0 Å². The number of carbonyl (C=O) groups excluding carboxylic acids is 1. The summed E-state index contributed by atoms with van der Waals surface area (Å²) >= 11 is 1.56. The molecule has 3 aromatic carbocycles. The number of alkyl halides is 3. The minimum absolute atomic E-state index is 0.217. The maximum Gasteiger partial charge on any atom is 0.393 e. The summed E-state index contributed by atoms with van der Waals surface area (Å²) in [7, 11) is -4.14. The smallest absolute Gasteiger partial charge is 0.393 e. The molecule has 4 N–H and O–H groups in total. The van der Waals surface area contributed by atoms with Crippen molar-refractivity contribution >= 4 is 41.3 Å². The van der Waals surface area contributed by atoms with Crippen LogP contribution in [0.2, 0.25) is 0 Å². The molecule has 1 unspecified atom stereocenters. The topological polar surface area (TPSA) is 92.4 Å². The van der Waals surface area contributed by atoms with Gasteiger partial charge in [0.25, 0.3) is 5.91 Å². The Bertz CT molecular complexity index is 1420. The number of rotatable bonds is 7. The summed E-state index contributed by atoms with van der Waals surface area (Å²) in [6.45, 7) is 0. The number of nitrogens with two attached hydrogens (primary N) is 1. The van der Waals surface area contributed by atoms with E-state index in [1.54, 1.807) is 23.5 Å². The Morgan fingerprint density at radius 3 is 2.39 bits per heavy atom. The van der Waals surface area contributed by atoms with Crippen molar-refractivity contribution in [3.05, 3.63) is 101 Å². The molecule has 4 aromatic rings. The second-order valence-corrected chi connectivity index (χ2v) is 11.4. The maximum absolute atomic E-state index is 13.0. The molecular formula is C26H22F3N2O3PS. The highest BCUT2D eigenvalue weighted by Crippen LogP contribution is 2.45. The van der Waals surface area contributed by atoms with Crippen LogP contribution in [-0.2, 0) is 17.1 Å². The first kappa shape index (κ1) is 25.7. The number of nitrogens with one attached hydrogen (secondary N) is 1. The Labute approximate surface area is 209 Å². The van der Waals surface area contributed by atoms with Gasteiger partial charge in [0.05, 0.1) is 24.0 Å². The quantitative estimate of drug-likeness (QED) is 0.189. The van der Waals surface area contributed by atoms with Gasteiger partial charge in [-0.1, -0.05) is 42.5 Å². The molecule has 1 amide bonds. The first-order valence-electron chi connectivity index (χ1n) is 10.8. The molecule has 0 bridgehead atoms. The minimum Gasteiger partial charge on any atom is -0.397 e. The first-order chi connectivity index (χ1) is 17.0. The zero-order valence-corrected chi connectivity index (χ0v) is 20.5. The van der Waals surface area contributed by atoms with E-state index < -0.39 is 25.9 Å². The van der Waals surface area contributed by atoms with E-state index in [0.717, 1.165) is 10.4 Å². The van der Waals surface area contributed by atoms with Crippen molar-refractivity contribution in [1.29, 1.82) is 0 Å². The zero-order valence-electron chi connectivity index (χ0n) is 18.8. The lowest BCUT2D eigenvalue weighted by atomic mass is 10.1. The summed E-state index contributed by atoms with van der Waals surface area (Å²) in [4.78, 5) is 24.4. The standard InChI is InChI=1S/C26H22F3N2O3PS/c27-26(28,29)15-20-4-1-2-5-23(20)35(33,34)16-17-7-9-18(10-8-17)25(32)31-22-14-19(11-12-21(22)30)24-6-3-13-36-24/h1-14H,15-16,30H2,(H,31,32)(H,33,34). The molecule has 4 rings (SSSR count). The molecule has 0 saturated heterocycles. The van der Waals surface area contributed by atoms with Crippen LogP contribution in [-0.4, -0.2) is 17.0 Å². The van der Waals surface area contributed by atoms with Crippen LogP contribution < -0.4 is 16.4 Å². The van der Waals surface area contributed by atoms with Crippen molar-refractivity contribution in [3.63, 3.8) is 0 Å². The summed E-state index contributed by atoms with van der Waals surface area (Å²) in [5.74, 6) is -0.417. The number of benzene rings is 3. The number of anilines is 2. The third-order valence-electron chi connectivity index (χ3n) is 5.48. The normalized spacial score (nSPS) is 13.2. The van der Waals surface area contributed by atoms with Gasteiger partial charge >= 0.3 is 6.18 Å². The van der Waals surface area contributed by atoms with Crippen LogP contribution in [0.4, 0.5) is 24.5 Å². The lowest BCUT2D eigenvalue weighted by molar-refractivity contribution is -0.127. The molecule has 0 aliphatic heterocycles. The minimum atomic E-state index is -4.50. The van der Waals surface area contributed by atoms with Gasteiger partial charge in [-0.3, -0.25) is 9.36 Å². The molecular weight excluding hydrogens is 508 g/mol. The maximum atomic E-state index is 13.0. The van der Waals surface area contributed by atoms with Gasteiger partial charge in [-0.15, -0.1) is 11.3 Å². The highest BCUT2D eigenvalue weighted by atomic mass is 32.1. The third-order valence-corrected chi connectivity index (χ3v) is 8.38. The summed E-state index contributed by atoms with van der Waals surface area (Å²) in [5, 5.41) is 4.51. The average Bonchev–Trinajstić information content (AvgIpc) is 3.35. The van der Waals surface area contributed by atoms with Crippen LogP contribution in [0.1, 0.15) is 21.5 Å². The number of hydrogen-bond acceptors (Lipinski definition) is 4. The Balaban J connectivity index is 1.49. The molecule has 0 radical (unpaired) electrons. The molecule has 186 valence electrons. The fourth-order valence-corrected chi connectivity index (χ4v) is 6.29. The number of nitrogen functional groups attached to an aromatic ring is 1. The van der Waals surface area contributed by atoms with E-state index in [1.807, 2.05) is 23.6 Å². The second-order valence-electron chi connectivity index (χ2n) is 8.21. The lowest BCUT2D eigenvalue weighted by Gasteiger charge is -2.17. The van der Waals surface area contributed by atoms with Gasteiger partial charge in [0.15, 0.2) is 0 Å². The number of amides is 1. The van der Waals surface area contributed by atoms with Gasteiger partial charge in [-0.2, -0.15) is 13.2 Å². The van der Waals surface area contributed by atoms with E-state index >= 15 is 0 Å². The van der Waals surface area contributed by atoms with Crippen molar-refractivity contribution < 1.29 is 27.4 Å². The molecule has 0 spiro atoms. The van der Waals surface area contributed by atoms with Gasteiger partial charge < -0.3 is 15.9 Å². The second kappa shape index (κ2) is 10.3. The fraction of sp³-hybridized carbons (Fsp3) is 0.115. The largest absolute Gasteiger partial charge is 0.397 e. The van der Waals surface area contributed by atoms with Gasteiger partial charge in [-0.05, 0) is 58.5 Å². The van der Waals surface area contributed by atoms with E-state index in [0.29, 0.717) is 22.5 Å². The van der Waals surface area contributed by atoms with Crippen molar-refractivity contribution in [2.45, 2.75) is 18.8 Å². The Morgan fingerprint density at radius 2 is 1.72 bits per heavy atom. The average molecular weight is 531 g/mol. The van der Waals surface area contributed by atoms with E-state index in [2.05, 4.69) is 5.32 Å². The monoisotopic (exact) mass is 530 g/mol. The number of halogens is 3. The Kier molecular flexibility index (Phi) is 7.36. The van der Waals surface area contributed by atoms with Crippen molar-refractivity contribution in [2.75, 3.05) is 11.1 Å². The van der Waals surface area contributed by atoms with Crippen LogP contribution in [0.15, 0.2) is 84.2 Å². The predicted octanol–water partition coefficient (Wildman–Crippen LogP) is 6.45. The van der Waals surface area contributed by atoms with E-state index in [9.17, 15) is 27.4 Å². The molecule has 1 heterocycles. The SMILES string of the molecule is Nc1ccc(-c2cccs2)cc1NC(=O)c1ccc(CP(=O)(O)c2ccccc2CC(F)(F)F)cc1. The van der Waals surface area contributed by atoms with Crippen molar-refractivity contribution in [3.8, 4) is 10.4 Å². The van der Waals surface area contributed by atoms with Crippen LogP contribution >= 0.6 is 18.7 Å². The van der Waals surface area contributed by atoms with Crippen molar-refractivity contribution in [1.82, 2.24) is 0 Å². The third kappa shape index (κ3) is 6.23. The molecule has 5 nitrogen and oxygen atoms in total. The lowest BCUT2D eigenvalue weighted by Crippen LogP contribution is -2.20. The molecule has 0 aliphatic rings. The number of carbonyl (C=O) groups is 1. The van der Waals surface area contributed by atoms with Crippen LogP contribution in [0.25, 0.3) is 10.4 Å². The first-order valence-corrected chi connectivity index (χ1v) is 13.5. The highest BCUT2D eigenvalue weighted by molar-refractivity contribution is 7.65. The molecule has 0 fully saturated rings. The molecule has 36 heavy (non-hydrogen) atoms. The van der Waals surface area contributed by atoms with Gasteiger partial charge in [0, 0.05) is 15.7 Å². The molecule has 1 atom stereocenters. The molecule has 10 heteroatoms. The summed E-state index contributed by atoms with van der Waals surface area (Å²) in [6, 6.07) is 20.5. The number of thiophene rings is 1. The summed E-state index contributed by atoms with van der Waals surface area (Å²) in [5.41, 5.74) is 8.28. The van der Waals surface area contributed by atoms with Gasteiger partial charge in [0.1, 0.15) is 0 Å². The van der Waals surface area contributed by atoms with Crippen LogP contribution in [0.3, 0.4) is 0 Å². The molecule has 0 saturated carbocycles. The highest BCUT2D eigenvalue weighted by Gasteiger charge is 2.32. The summed E-state index contributed by atoms with van der Waals surface area (Å²) in [6.07, 6.45) is -6.15. The fourth-order valence-electron chi connectivity index (χ4n) is 3.77. The van der Waals surface area contributed by atoms with E-state index in [4.69, 9.17) is 5.73 Å². The van der Waals surface area contributed by atoms with Gasteiger partial charge in [-0.25, -0.2) is 0 Å². The van der Waals surface area contributed by atoms with Crippen LogP contribution in [0.5, 0.6) is 0 Å². The molecule has 1 aromatic heterocycles. The zero-order chi connectivity index (χ0) is 25.9. The Hall–Kier alpha value is -3.39. The van der Waals surface area contributed by atoms with Crippen molar-refractivity contribution in [2.24, 2.45) is 0 Å². The van der Waals surface area contributed by atoms with E-state index in [1.165, 1.54) is 48.5 Å². The molecule has 0 aliphatic carbocycles. The Morgan fingerprint density at radius 1 is 1.00 bits per heavy atom. The number of hydrogen-bond donors (Lipinski definition) is 3. The van der Waals surface area contributed by atoms with Crippen LogP contribution in [0, 0.1) is 0 Å². The predicted molar refractivity (Wildman–Crippen MR) is 138 cm³/mol. The summed E-state index contributed by atoms with van der Waals surface area (Å²) < 4.78 is 51.8.